The topological polar surface area (TPSA) is 48.0 Å². The number of rotatable bonds is 1. The molecule has 0 aliphatic heterocycles. The van der Waals surface area contributed by atoms with Crippen molar-refractivity contribution in [2.75, 3.05) is 0 Å². The largest absolute Gasteiger partial charge is 0.289 e. The van der Waals surface area contributed by atoms with Gasteiger partial charge in [0.1, 0.15) is 11.8 Å². The molecule has 3 heterocycles. The minimum atomic E-state index is 0.843. The lowest BCUT2D eigenvalue weighted by atomic mass is 10.4. The van der Waals surface area contributed by atoms with Crippen LogP contribution in [-0.4, -0.2) is 24.1 Å². The van der Waals surface area contributed by atoms with E-state index in [1.807, 2.05) is 34.5 Å². The third kappa shape index (κ3) is 1.20. The number of hydrogen-bond donors (Lipinski definition) is 0. The zero-order valence-corrected chi connectivity index (χ0v) is 8.20. The lowest BCUT2D eigenvalue weighted by Crippen LogP contribution is -1.98. The molecule has 3 aromatic rings. The SMILES string of the molecule is Cc1cc2c(-n3ccnc3)nccn2n1. The first-order chi connectivity index (χ1) is 7.34. The van der Waals surface area contributed by atoms with E-state index >= 15 is 0 Å². The summed E-state index contributed by atoms with van der Waals surface area (Å²) in [6.45, 7) is 1.96. The molecule has 3 aromatic heterocycles. The van der Waals surface area contributed by atoms with Crippen molar-refractivity contribution in [3.8, 4) is 5.82 Å². The van der Waals surface area contributed by atoms with Crippen LogP contribution in [0.1, 0.15) is 5.69 Å². The zero-order chi connectivity index (χ0) is 10.3. The smallest absolute Gasteiger partial charge is 0.164 e. The third-order valence-corrected chi connectivity index (χ3v) is 2.24. The van der Waals surface area contributed by atoms with Crippen LogP contribution in [0.2, 0.25) is 0 Å². The minimum Gasteiger partial charge on any atom is -0.289 e. The Hall–Kier alpha value is -2.17. The van der Waals surface area contributed by atoms with E-state index in [-0.39, 0.29) is 0 Å². The number of aryl methyl sites for hydroxylation is 1. The first kappa shape index (κ1) is 8.16. The highest BCUT2D eigenvalue weighted by atomic mass is 15.2. The van der Waals surface area contributed by atoms with Crippen LogP contribution in [0.5, 0.6) is 0 Å². The number of hydrogen-bond acceptors (Lipinski definition) is 3. The Morgan fingerprint density at radius 2 is 2.13 bits per heavy atom. The summed E-state index contributed by atoms with van der Waals surface area (Å²) in [5.74, 6) is 0.843. The van der Waals surface area contributed by atoms with Crippen LogP contribution in [0.15, 0.2) is 37.2 Å². The van der Waals surface area contributed by atoms with E-state index in [0.29, 0.717) is 0 Å². The van der Waals surface area contributed by atoms with Crippen LogP contribution < -0.4 is 0 Å². The van der Waals surface area contributed by atoms with Crippen molar-refractivity contribution < 1.29 is 0 Å². The van der Waals surface area contributed by atoms with Gasteiger partial charge in [-0.2, -0.15) is 5.10 Å². The predicted molar refractivity (Wildman–Crippen MR) is 54.8 cm³/mol. The van der Waals surface area contributed by atoms with Crippen molar-refractivity contribution in [3.05, 3.63) is 42.9 Å². The van der Waals surface area contributed by atoms with E-state index in [1.54, 1.807) is 18.7 Å². The summed E-state index contributed by atoms with van der Waals surface area (Å²) in [7, 11) is 0. The Morgan fingerprint density at radius 3 is 2.93 bits per heavy atom. The van der Waals surface area contributed by atoms with Gasteiger partial charge in [-0.1, -0.05) is 0 Å². The molecule has 0 bridgehead atoms. The normalized spacial score (nSPS) is 11.0. The molecule has 5 heteroatoms. The fourth-order valence-corrected chi connectivity index (χ4v) is 1.61. The van der Waals surface area contributed by atoms with Crippen LogP contribution in [0, 0.1) is 6.92 Å². The number of nitrogens with zero attached hydrogens (tertiary/aromatic N) is 5. The van der Waals surface area contributed by atoms with Gasteiger partial charge in [-0.25, -0.2) is 14.5 Å². The molecular formula is C10H9N5. The van der Waals surface area contributed by atoms with Crippen LogP contribution in [-0.2, 0) is 0 Å². The molecule has 0 amide bonds. The maximum Gasteiger partial charge on any atom is 0.164 e. The van der Waals surface area contributed by atoms with Crippen LogP contribution >= 0.6 is 0 Å². The minimum absolute atomic E-state index is 0.843. The highest BCUT2D eigenvalue weighted by molar-refractivity contribution is 5.60. The molecule has 74 valence electrons. The average Bonchev–Trinajstić information content (AvgIpc) is 2.82. The second kappa shape index (κ2) is 2.91. The number of fused-ring (bicyclic) bond motifs is 1. The Balaban J connectivity index is 2.35. The Kier molecular flexibility index (Phi) is 1.58. The molecule has 0 fully saturated rings. The molecular weight excluding hydrogens is 190 g/mol. The maximum absolute atomic E-state index is 4.33. The maximum atomic E-state index is 4.33. The van der Waals surface area contributed by atoms with Crippen molar-refractivity contribution in [2.24, 2.45) is 0 Å². The van der Waals surface area contributed by atoms with Crippen molar-refractivity contribution >= 4 is 5.52 Å². The van der Waals surface area contributed by atoms with Gasteiger partial charge in [-0.15, -0.1) is 0 Å². The number of aromatic nitrogens is 5. The molecule has 5 nitrogen and oxygen atoms in total. The summed E-state index contributed by atoms with van der Waals surface area (Å²) >= 11 is 0. The molecule has 0 atom stereocenters. The first-order valence-electron chi connectivity index (χ1n) is 4.64. The third-order valence-electron chi connectivity index (χ3n) is 2.24. The monoisotopic (exact) mass is 199 g/mol. The van der Waals surface area contributed by atoms with Crippen molar-refractivity contribution in [3.63, 3.8) is 0 Å². The molecule has 0 radical (unpaired) electrons. The van der Waals surface area contributed by atoms with Gasteiger partial charge in [0, 0.05) is 24.8 Å². The molecule has 3 rings (SSSR count). The van der Waals surface area contributed by atoms with Gasteiger partial charge in [0.15, 0.2) is 5.82 Å². The summed E-state index contributed by atoms with van der Waals surface area (Å²) in [6.07, 6.45) is 8.89. The first-order valence-corrected chi connectivity index (χ1v) is 4.64. The fraction of sp³-hybridized carbons (Fsp3) is 0.100. The van der Waals surface area contributed by atoms with E-state index in [9.17, 15) is 0 Å². The summed E-state index contributed by atoms with van der Waals surface area (Å²) in [5, 5.41) is 4.33. The quantitative estimate of drug-likeness (QED) is 0.592. The lowest BCUT2D eigenvalue weighted by molar-refractivity contribution is 0.897. The molecule has 0 aliphatic rings. The molecule has 0 saturated carbocycles. The van der Waals surface area contributed by atoms with E-state index in [0.717, 1.165) is 17.0 Å². The van der Waals surface area contributed by atoms with Crippen LogP contribution in [0.25, 0.3) is 11.3 Å². The standard InChI is InChI=1S/C10H9N5/c1-8-6-9-10(14-4-2-11-7-14)12-3-5-15(9)13-8/h2-7H,1H3. The van der Waals surface area contributed by atoms with E-state index in [2.05, 4.69) is 15.1 Å². The van der Waals surface area contributed by atoms with E-state index < -0.39 is 0 Å². The summed E-state index contributed by atoms with van der Waals surface area (Å²) in [5.41, 5.74) is 1.96. The second-order valence-electron chi connectivity index (χ2n) is 3.34. The number of imidazole rings is 1. The van der Waals surface area contributed by atoms with Crippen LogP contribution in [0.4, 0.5) is 0 Å². The summed E-state index contributed by atoms with van der Waals surface area (Å²) in [6, 6.07) is 2.00. The van der Waals surface area contributed by atoms with Gasteiger partial charge in [0.2, 0.25) is 0 Å². The molecule has 15 heavy (non-hydrogen) atoms. The van der Waals surface area contributed by atoms with Gasteiger partial charge in [0.05, 0.1) is 5.69 Å². The molecule has 0 saturated heterocycles. The lowest BCUT2D eigenvalue weighted by Gasteiger charge is -2.01. The van der Waals surface area contributed by atoms with E-state index in [4.69, 9.17) is 0 Å². The van der Waals surface area contributed by atoms with Crippen LogP contribution in [0.3, 0.4) is 0 Å². The van der Waals surface area contributed by atoms with Gasteiger partial charge >= 0.3 is 0 Å². The van der Waals surface area contributed by atoms with Crippen molar-refractivity contribution in [1.29, 1.82) is 0 Å². The molecule has 0 N–H and O–H groups in total. The predicted octanol–water partition coefficient (Wildman–Crippen LogP) is 1.22. The molecule has 0 unspecified atom stereocenters. The molecule has 0 aromatic carbocycles. The molecule has 0 aliphatic carbocycles. The summed E-state index contributed by atoms with van der Waals surface area (Å²) < 4.78 is 3.69. The second-order valence-corrected chi connectivity index (χ2v) is 3.34. The Morgan fingerprint density at radius 1 is 1.20 bits per heavy atom. The molecule has 0 spiro atoms. The van der Waals surface area contributed by atoms with Crippen molar-refractivity contribution in [1.82, 2.24) is 24.1 Å². The fourth-order valence-electron chi connectivity index (χ4n) is 1.61. The Bertz CT molecular complexity index is 593. The van der Waals surface area contributed by atoms with Gasteiger partial charge in [0.25, 0.3) is 0 Å². The van der Waals surface area contributed by atoms with Gasteiger partial charge < -0.3 is 0 Å². The van der Waals surface area contributed by atoms with E-state index in [1.165, 1.54) is 0 Å². The zero-order valence-electron chi connectivity index (χ0n) is 8.20. The summed E-state index contributed by atoms with van der Waals surface area (Å²) in [4.78, 5) is 8.33. The van der Waals surface area contributed by atoms with Gasteiger partial charge in [-0.3, -0.25) is 4.57 Å². The highest BCUT2D eigenvalue weighted by Gasteiger charge is 2.05. The average molecular weight is 199 g/mol. The Labute approximate surface area is 86.0 Å². The van der Waals surface area contributed by atoms with Gasteiger partial charge in [-0.05, 0) is 13.0 Å². The van der Waals surface area contributed by atoms with Crippen molar-refractivity contribution in [2.45, 2.75) is 6.92 Å². The highest BCUT2D eigenvalue weighted by Crippen LogP contribution is 2.13.